The van der Waals surface area contributed by atoms with Crippen LogP contribution in [0, 0.1) is 0 Å². The van der Waals surface area contributed by atoms with E-state index in [2.05, 4.69) is 4.74 Å². The van der Waals surface area contributed by atoms with E-state index >= 15 is 0 Å². The lowest BCUT2D eigenvalue weighted by Crippen LogP contribution is -2.41. The molecule has 0 heterocycles. The molecule has 0 saturated carbocycles. The quantitative estimate of drug-likeness (QED) is 0.622. The molecule has 10 heteroatoms. The number of carboxylic acids is 1. The molecule has 0 aliphatic carbocycles. The Hall–Kier alpha value is -2.33. The average molecular weight is 338 g/mol. The number of rotatable bonds is 5. The van der Waals surface area contributed by atoms with Crippen molar-refractivity contribution in [3.8, 4) is 0 Å². The van der Waals surface area contributed by atoms with Crippen molar-refractivity contribution in [2.75, 3.05) is 6.61 Å². The van der Waals surface area contributed by atoms with Gasteiger partial charge in [-0.1, -0.05) is 30.3 Å². The molecule has 0 saturated heterocycles. The third kappa shape index (κ3) is 10.1. The van der Waals surface area contributed by atoms with E-state index in [1.54, 1.807) is 0 Å². The number of ether oxygens (including phenoxy) is 1. The molecule has 1 aromatic rings. The van der Waals surface area contributed by atoms with E-state index in [4.69, 9.17) is 21.4 Å². The molecule has 7 nitrogen and oxygen atoms in total. The number of carboxylic acid groups (broad SMARTS) is 1. The Bertz CT molecular complexity index is 496. The summed E-state index contributed by atoms with van der Waals surface area (Å²) in [5, 5.41) is 16.9. The summed E-state index contributed by atoms with van der Waals surface area (Å²) in [5.74, 6) is -2.76. The number of carbonyl (C=O) groups is 2. The summed E-state index contributed by atoms with van der Waals surface area (Å²) in [5.41, 5.74) is 11.4. The minimum absolute atomic E-state index is 0.0800. The van der Waals surface area contributed by atoms with Gasteiger partial charge in [-0.15, -0.1) is 0 Å². The molecule has 2 unspecified atom stereocenters. The highest BCUT2D eigenvalue weighted by molar-refractivity contribution is 5.73. The molecule has 0 fully saturated rings. The summed E-state index contributed by atoms with van der Waals surface area (Å²) in [4.78, 5) is 19.2. The van der Waals surface area contributed by atoms with Gasteiger partial charge in [-0.3, -0.25) is 0 Å². The van der Waals surface area contributed by atoms with Crippen LogP contribution in [0.25, 0.3) is 0 Å². The van der Waals surface area contributed by atoms with E-state index in [-0.39, 0.29) is 6.61 Å². The summed E-state index contributed by atoms with van der Waals surface area (Å²) < 4.78 is 36.3. The number of aliphatic carboxylic acids is 1. The number of carbonyl (C=O) groups excluding carboxylic acids is 1. The van der Waals surface area contributed by atoms with Crippen molar-refractivity contribution in [2.24, 2.45) is 11.5 Å². The van der Waals surface area contributed by atoms with Gasteiger partial charge in [0, 0.05) is 6.42 Å². The molecule has 0 aliphatic rings. The molecule has 0 radical (unpaired) electrons. The normalized spacial score (nSPS) is 13.3. The molecule has 0 aliphatic heterocycles. The molecular weight excluding hydrogens is 321 g/mol. The summed E-state index contributed by atoms with van der Waals surface area (Å²) in [6.07, 6.45) is -6.31. The number of hydrogen-bond acceptors (Lipinski definition) is 5. The minimum Gasteiger partial charge on any atom is -0.475 e. The van der Waals surface area contributed by atoms with Crippen LogP contribution in [-0.2, 0) is 16.0 Å². The zero-order valence-electron chi connectivity index (χ0n) is 11.9. The van der Waals surface area contributed by atoms with Crippen molar-refractivity contribution in [3.63, 3.8) is 0 Å². The van der Waals surface area contributed by atoms with Gasteiger partial charge in [0.1, 0.15) is 6.61 Å². The van der Waals surface area contributed by atoms with E-state index in [0.29, 0.717) is 6.42 Å². The fourth-order valence-electron chi connectivity index (χ4n) is 1.30. The second kappa shape index (κ2) is 9.64. The molecule has 0 aromatic heterocycles. The van der Waals surface area contributed by atoms with E-state index in [9.17, 15) is 23.1 Å². The summed E-state index contributed by atoms with van der Waals surface area (Å²) in [7, 11) is 0. The Morgan fingerprint density at radius 2 is 1.70 bits per heavy atom. The monoisotopic (exact) mass is 338 g/mol. The predicted molar refractivity (Wildman–Crippen MR) is 73.4 cm³/mol. The standard InChI is InChI=1S/C11H16N2O3.C2HF3O2/c12-9(7-16-11(13)15)10(14)6-8-4-2-1-3-5-8;3-2(4,5)1(6)7/h1-5,9-10,14H,6-7,12H2,(H2,13,15);(H,6,7). The number of nitrogens with two attached hydrogens (primary N) is 2. The fraction of sp³-hybridized carbons (Fsp3) is 0.385. The van der Waals surface area contributed by atoms with Crippen molar-refractivity contribution < 1.29 is 37.7 Å². The maximum Gasteiger partial charge on any atom is 0.490 e. The maximum absolute atomic E-state index is 10.6. The first-order valence-electron chi connectivity index (χ1n) is 6.24. The molecule has 1 aromatic carbocycles. The van der Waals surface area contributed by atoms with Crippen LogP contribution in [0.3, 0.4) is 0 Å². The first-order valence-corrected chi connectivity index (χ1v) is 6.24. The Labute approximate surface area is 129 Å². The molecule has 2 atom stereocenters. The number of primary amides is 1. The van der Waals surface area contributed by atoms with Gasteiger partial charge in [-0.05, 0) is 5.56 Å². The first kappa shape index (κ1) is 20.7. The van der Waals surface area contributed by atoms with Gasteiger partial charge >= 0.3 is 18.2 Å². The van der Waals surface area contributed by atoms with Crippen LogP contribution in [0.4, 0.5) is 18.0 Å². The van der Waals surface area contributed by atoms with Crippen molar-refractivity contribution in [1.82, 2.24) is 0 Å². The molecule has 6 N–H and O–H groups in total. The Morgan fingerprint density at radius 1 is 1.22 bits per heavy atom. The Balaban J connectivity index is 0.000000585. The van der Waals surface area contributed by atoms with Gasteiger partial charge in [-0.2, -0.15) is 13.2 Å². The minimum atomic E-state index is -5.08. The predicted octanol–water partition coefficient (Wildman–Crippen LogP) is 0.646. The van der Waals surface area contributed by atoms with Crippen molar-refractivity contribution in [1.29, 1.82) is 0 Å². The van der Waals surface area contributed by atoms with Gasteiger partial charge in [0.15, 0.2) is 0 Å². The van der Waals surface area contributed by atoms with E-state index in [1.165, 1.54) is 0 Å². The molecule has 1 amide bonds. The molecule has 23 heavy (non-hydrogen) atoms. The van der Waals surface area contributed by atoms with Crippen LogP contribution in [0.1, 0.15) is 5.56 Å². The molecular formula is C13H17F3N2O5. The number of aliphatic hydroxyl groups excluding tert-OH is 1. The summed E-state index contributed by atoms with van der Waals surface area (Å²) >= 11 is 0. The largest absolute Gasteiger partial charge is 0.490 e. The second-order valence-corrected chi connectivity index (χ2v) is 4.35. The van der Waals surface area contributed by atoms with Crippen molar-refractivity contribution >= 4 is 12.1 Å². The third-order valence-electron chi connectivity index (χ3n) is 2.44. The summed E-state index contributed by atoms with van der Waals surface area (Å²) in [6, 6.07) is 8.82. The number of hydrogen-bond donors (Lipinski definition) is 4. The second-order valence-electron chi connectivity index (χ2n) is 4.35. The van der Waals surface area contributed by atoms with Crippen LogP contribution in [0.15, 0.2) is 30.3 Å². The topological polar surface area (TPSA) is 136 Å². The number of benzene rings is 1. The van der Waals surface area contributed by atoms with Crippen LogP contribution in [-0.4, -0.2) is 47.2 Å². The highest BCUT2D eigenvalue weighted by atomic mass is 19.4. The van der Waals surface area contributed by atoms with Gasteiger partial charge < -0.3 is 26.4 Å². The SMILES string of the molecule is NC(=O)OCC(N)C(O)Cc1ccccc1.O=C(O)C(F)(F)F. The average Bonchev–Trinajstić information content (AvgIpc) is 2.45. The van der Waals surface area contributed by atoms with E-state index in [1.807, 2.05) is 30.3 Å². The maximum atomic E-state index is 10.6. The van der Waals surface area contributed by atoms with Gasteiger partial charge in [0.25, 0.3) is 0 Å². The number of aliphatic hydroxyl groups is 1. The zero-order valence-corrected chi connectivity index (χ0v) is 11.9. The van der Waals surface area contributed by atoms with Crippen LogP contribution in [0.5, 0.6) is 0 Å². The van der Waals surface area contributed by atoms with Crippen molar-refractivity contribution in [2.45, 2.75) is 24.7 Å². The number of amides is 1. The fourth-order valence-corrected chi connectivity index (χ4v) is 1.30. The number of alkyl halides is 3. The zero-order chi connectivity index (χ0) is 18.0. The third-order valence-corrected chi connectivity index (χ3v) is 2.44. The molecule has 1 rings (SSSR count). The molecule has 130 valence electrons. The number of halogens is 3. The first-order chi connectivity index (χ1) is 10.5. The molecule has 0 spiro atoms. The smallest absolute Gasteiger partial charge is 0.475 e. The Morgan fingerprint density at radius 3 is 2.09 bits per heavy atom. The van der Waals surface area contributed by atoms with E-state index < -0.39 is 30.4 Å². The highest BCUT2D eigenvalue weighted by Crippen LogP contribution is 2.13. The summed E-state index contributed by atoms with van der Waals surface area (Å²) in [6.45, 7) is -0.0800. The van der Waals surface area contributed by atoms with E-state index in [0.717, 1.165) is 5.56 Å². The highest BCUT2D eigenvalue weighted by Gasteiger charge is 2.38. The lowest BCUT2D eigenvalue weighted by atomic mass is 10.0. The lowest BCUT2D eigenvalue weighted by Gasteiger charge is -2.18. The van der Waals surface area contributed by atoms with Crippen LogP contribution in [0.2, 0.25) is 0 Å². The van der Waals surface area contributed by atoms with Crippen LogP contribution < -0.4 is 11.5 Å². The van der Waals surface area contributed by atoms with Crippen molar-refractivity contribution in [3.05, 3.63) is 35.9 Å². The van der Waals surface area contributed by atoms with Gasteiger partial charge in [0.05, 0.1) is 12.1 Å². The lowest BCUT2D eigenvalue weighted by molar-refractivity contribution is -0.192. The van der Waals surface area contributed by atoms with Gasteiger partial charge in [-0.25, -0.2) is 9.59 Å². The van der Waals surface area contributed by atoms with Crippen LogP contribution >= 0.6 is 0 Å². The Kier molecular flexibility index (Phi) is 8.66. The molecule has 0 bridgehead atoms. The van der Waals surface area contributed by atoms with Gasteiger partial charge in [0.2, 0.25) is 0 Å².